The van der Waals surface area contributed by atoms with Gasteiger partial charge in [-0.1, -0.05) is 37.6 Å². The van der Waals surface area contributed by atoms with Crippen LogP contribution in [0.2, 0.25) is 5.02 Å². The van der Waals surface area contributed by atoms with Crippen LogP contribution in [-0.4, -0.2) is 74.2 Å². The highest BCUT2D eigenvalue weighted by Gasteiger charge is 2.35. The van der Waals surface area contributed by atoms with Gasteiger partial charge in [0.2, 0.25) is 5.95 Å². The maximum Gasteiger partial charge on any atom is 0.232 e. The highest BCUT2D eigenvalue weighted by atomic mass is 35.5. The standard InChI is InChI=1S/C28H39ClN6O2S/c1-20-14-21(2)18-35(17-20)25-16-24(34-8-12-37-13-9-34)31-26(32-25)33-27(38)30-19-28(6-10-36-11-7-28)22-4-3-5-23(29)15-22/h3-5,15-16,20-21H,6-14,17-19H2,1-2H3,(H2,30,31,32,33,38)/t20-,21-/m0/s1. The lowest BCUT2D eigenvalue weighted by atomic mass is 9.74. The Bertz CT molecular complexity index is 1100. The highest BCUT2D eigenvalue weighted by Crippen LogP contribution is 2.35. The molecule has 2 aromatic rings. The van der Waals surface area contributed by atoms with Crippen molar-refractivity contribution in [3.63, 3.8) is 0 Å². The molecule has 3 saturated heterocycles. The van der Waals surface area contributed by atoms with Gasteiger partial charge in [0.15, 0.2) is 5.11 Å². The third-order valence-electron chi connectivity index (χ3n) is 7.93. The summed E-state index contributed by atoms with van der Waals surface area (Å²) < 4.78 is 11.3. The van der Waals surface area contributed by atoms with E-state index in [1.807, 2.05) is 12.1 Å². The molecule has 3 aliphatic heterocycles. The maximum atomic E-state index is 6.35. The lowest BCUT2D eigenvalue weighted by Crippen LogP contribution is -2.46. The average molecular weight is 559 g/mol. The second kappa shape index (κ2) is 12.3. The lowest BCUT2D eigenvalue weighted by molar-refractivity contribution is 0.0515. The van der Waals surface area contributed by atoms with Gasteiger partial charge in [-0.2, -0.15) is 9.97 Å². The minimum absolute atomic E-state index is 0.101. The number of rotatable bonds is 6. The molecule has 4 heterocycles. The van der Waals surface area contributed by atoms with Crippen molar-refractivity contribution in [2.45, 2.75) is 38.5 Å². The number of morpholine rings is 1. The van der Waals surface area contributed by atoms with Crippen LogP contribution in [-0.2, 0) is 14.9 Å². The molecule has 0 bridgehead atoms. The number of nitrogens with zero attached hydrogens (tertiary/aromatic N) is 4. The Morgan fingerprint density at radius 2 is 1.66 bits per heavy atom. The lowest BCUT2D eigenvalue weighted by Gasteiger charge is -2.38. The quantitative estimate of drug-likeness (QED) is 0.499. The number of benzene rings is 1. The molecule has 8 nitrogen and oxygen atoms in total. The van der Waals surface area contributed by atoms with Crippen LogP contribution >= 0.6 is 23.8 Å². The van der Waals surface area contributed by atoms with Crippen molar-refractivity contribution < 1.29 is 9.47 Å². The van der Waals surface area contributed by atoms with Crippen LogP contribution in [0.15, 0.2) is 30.3 Å². The van der Waals surface area contributed by atoms with E-state index in [1.54, 1.807) is 0 Å². The summed E-state index contributed by atoms with van der Waals surface area (Å²) >= 11 is 12.1. The third kappa shape index (κ3) is 6.68. The van der Waals surface area contributed by atoms with E-state index >= 15 is 0 Å². The maximum absolute atomic E-state index is 6.35. The monoisotopic (exact) mass is 558 g/mol. The topological polar surface area (TPSA) is 74.8 Å². The zero-order valence-corrected chi connectivity index (χ0v) is 24.0. The van der Waals surface area contributed by atoms with E-state index in [-0.39, 0.29) is 5.41 Å². The third-order valence-corrected chi connectivity index (χ3v) is 8.41. The van der Waals surface area contributed by atoms with Crippen molar-refractivity contribution in [2.24, 2.45) is 11.8 Å². The molecule has 3 fully saturated rings. The van der Waals surface area contributed by atoms with Crippen LogP contribution < -0.4 is 20.4 Å². The van der Waals surface area contributed by atoms with E-state index in [4.69, 9.17) is 43.3 Å². The predicted molar refractivity (Wildman–Crippen MR) is 158 cm³/mol. The largest absolute Gasteiger partial charge is 0.381 e. The molecule has 0 aliphatic carbocycles. The minimum atomic E-state index is -0.101. The Balaban J connectivity index is 1.33. The summed E-state index contributed by atoms with van der Waals surface area (Å²) in [6, 6.07) is 10.3. The van der Waals surface area contributed by atoms with Gasteiger partial charge in [0.25, 0.3) is 0 Å². The molecule has 2 N–H and O–H groups in total. The molecule has 2 atom stereocenters. The van der Waals surface area contributed by atoms with E-state index in [0.717, 1.165) is 68.9 Å². The number of piperidine rings is 1. The molecule has 10 heteroatoms. The minimum Gasteiger partial charge on any atom is -0.381 e. The summed E-state index contributed by atoms with van der Waals surface area (Å²) in [5.41, 5.74) is 1.11. The molecule has 0 amide bonds. The Labute approximate surface area is 236 Å². The van der Waals surface area contributed by atoms with Crippen LogP contribution in [0.4, 0.5) is 17.6 Å². The summed E-state index contributed by atoms with van der Waals surface area (Å²) in [4.78, 5) is 14.5. The molecule has 38 heavy (non-hydrogen) atoms. The molecule has 0 spiro atoms. The van der Waals surface area contributed by atoms with Crippen LogP contribution in [0.5, 0.6) is 0 Å². The first-order valence-electron chi connectivity index (χ1n) is 13.8. The smallest absolute Gasteiger partial charge is 0.232 e. The fourth-order valence-electron chi connectivity index (χ4n) is 5.99. The van der Waals surface area contributed by atoms with Crippen molar-refractivity contribution >= 4 is 46.5 Å². The predicted octanol–water partition coefficient (Wildman–Crippen LogP) is 4.48. The first-order valence-corrected chi connectivity index (χ1v) is 14.5. The first-order chi connectivity index (χ1) is 18.4. The summed E-state index contributed by atoms with van der Waals surface area (Å²) in [5, 5.41) is 8.03. The van der Waals surface area contributed by atoms with Gasteiger partial charge in [0.1, 0.15) is 11.6 Å². The van der Waals surface area contributed by atoms with E-state index in [2.05, 4.69) is 52.5 Å². The number of hydrogen-bond donors (Lipinski definition) is 2. The second-order valence-electron chi connectivity index (χ2n) is 11.1. The molecular formula is C28H39ClN6O2S. The number of nitrogens with one attached hydrogen (secondary N) is 2. The number of ether oxygens (including phenoxy) is 2. The summed E-state index contributed by atoms with van der Waals surface area (Å²) in [6.07, 6.45) is 3.05. The summed E-state index contributed by atoms with van der Waals surface area (Å²) in [6.45, 7) is 11.8. The van der Waals surface area contributed by atoms with Crippen molar-refractivity contribution in [1.82, 2.24) is 15.3 Å². The zero-order valence-electron chi connectivity index (χ0n) is 22.4. The van der Waals surface area contributed by atoms with Crippen LogP contribution in [0.1, 0.15) is 38.7 Å². The number of hydrogen-bond acceptors (Lipinski definition) is 7. The fourth-order valence-corrected chi connectivity index (χ4v) is 6.34. The molecule has 1 aromatic carbocycles. The first kappa shape index (κ1) is 27.4. The van der Waals surface area contributed by atoms with Crippen LogP contribution in [0.3, 0.4) is 0 Å². The normalized spacial score (nSPS) is 23.7. The van der Waals surface area contributed by atoms with E-state index in [9.17, 15) is 0 Å². The molecule has 1 aromatic heterocycles. The van der Waals surface area contributed by atoms with Crippen molar-refractivity contribution in [3.05, 3.63) is 40.9 Å². The number of aromatic nitrogens is 2. The SMILES string of the molecule is C[C@H]1C[C@H](C)CN(c2cc(N3CCOCC3)nc(NC(=S)NCC3(c4cccc(Cl)c4)CCOCC3)n2)C1. The van der Waals surface area contributed by atoms with E-state index in [0.29, 0.717) is 42.7 Å². The van der Waals surface area contributed by atoms with Crippen LogP contribution in [0, 0.1) is 11.8 Å². The number of halogens is 1. The summed E-state index contributed by atoms with van der Waals surface area (Å²) in [7, 11) is 0. The van der Waals surface area contributed by atoms with Gasteiger partial charge in [-0.15, -0.1) is 0 Å². The van der Waals surface area contributed by atoms with Gasteiger partial charge in [0, 0.05) is 62.4 Å². The zero-order chi connectivity index (χ0) is 26.5. The molecule has 0 unspecified atom stereocenters. The van der Waals surface area contributed by atoms with Gasteiger partial charge < -0.3 is 29.9 Å². The van der Waals surface area contributed by atoms with E-state index in [1.165, 1.54) is 12.0 Å². The average Bonchev–Trinajstić information content (AvgIpc) is 2.92. The molecule has 206 valence electrons. The Kier molecular flexibility index (Phi) is 8.88. The molecular weight excluding hydrogens is 520 g/mol. The van der Waals surface area contributed by atoms with Crippen molar-refractivity contribution in [1.29, 1.82) is 0 Å². The number of thiocarbonyl (C=S) groups is 1. The van der Waals surface area contributed by atoms with Gasteiger partial charge >= 0.3 is 0 Å². The van der Waals surface area contributed by atoms with Gasteiger partial charge in [-0.3, -0.25) is 0 Å². The van der Waals surface area contributed by atoms with Gasteiger partial charge in [-0.05, 0) is 61.0 Å². The Morgan fingerprint density at radius 1 is 1.00 bits per heavy atom. The van der Waals surface area contributed by atoms with E-state index < -0.39 is 0 Å². The number of anilines is 3. The molecule has 3 aliphatic rings. The van der Waals surface area contributed by atoms with Crippen molar-refractivity contribution in [2.75, 3.05) is 74.3 Å². The Hall–Kier alpha value is -2.20. The Morgan fingerprint density at radius 3 is 2.34 bits per heavy atom. The van der Waals surface area contributed by atoms with Gasteiger partial charge in [0.05, 0.1) is 13.2 Å². The van der Waals surface area contributed by atoms with Gasteiger partial charge in [-0.25, -0.2) is 0 Å². The molecule has 0 saturated carbocycles. The van der Waals surface area contributed by atoms with Crippen molar-refractivity contribution in [3.8, 4) is 0 Å². The summed E-state index contributed by atoms with van der Waals surface area (Å²) in [5.74, 6) is 3.64. The molecule has 5 rings (SSSR count). The molecule has 0 radical (unpaired) electrons. The fraction of sp³-hybridized carbons (Fsp3) is 0.607. The second-order valence-corrected chi connectivity index (χ2v) is 11.9. The highest BCUT2D eigenvalue weighted by molar-refractivity contribution is 7.80. The van der Waals surface area contributed by atoms with Crippen LogP contribution in [0.25, 0.3) is 0 Å².